The Kier molecular flexibility index (Phi) is 5.04. The summed E-state index contributed by atoms with van der Waals surface area (Å²) in [6, 6.07) is 3.36. The van der Waals surface area contributed by atoms with E-state index in [2.05, 4.69) is 15.9 Å². The van der Waals surface area contributed by atoms with Gasteiger partial charge in [0.1, 0.15) is 5.75 Å². The van der Waals surface area contributed by atoms with Crippen LogP contribution in [0.25, 0.3) is 0 Å². The third kappa shape index (κ3) is 4.49. The van der Waals surface area contributed by atoms with Gasteiger partial charge in [-0.15, -0.1) is 0 Å². The summed E-state index contributed by atoms with van der Waals surface area (Å²) in [7, 11) is 0. The second kappa shape index (κ2) is 5.93. The molecule has 102 valence electrons. The minimum atomic E-state index is -4.23. The molecule has 0 aromatic heterocycles. The van der Waals surface area contributed by atoms with Crippen molar-refractivity contribution in [1.29, 1.82) is 0 Å². The van der Waals surface area contributed by atoms with Gasteiger partial charge in [0.05, 0.1) is 6.54 Å². The first kappa shape index (κ1) is 15.3. The smallest absolute Gasteiger partial charge is 0.401 e. The highest BCUT2D eigenvalue weighted by Gasteiger charge is 2.30. The number of hydrogen-bond donors (Lipinski definition) is 1. The lowest BCUT2D eigenvalue weighted by atomic mass is 10.1. The molecule has 0 bridgehead atoms. The van der Waals surface area contributed by atoms with Crippen molar-refractivity contribution >= 4 is 15.9 Å². The van der Waals surface area contributed by atoms with Crippen molar-refractivity contribution in [2.75, 3.05) is 13.1 Å². The monoisotopic (exact) mass is 325 g/mol. The third-order valence-corrected chi connectivity index (χ3v) is 3.05. The Morgan fingerprint density at radius 3 is 2.44 bits per heavy atom. The standard InChI is InChI=1S/C12H15BrF3NO/c1-3-17(7-12(14,15)16)6-9-5-10(13)4-8(2)11(9)18/h4-5,18H,3,6-7H2,1-2H3. The molecule has 0 fully saturated rings. The molecule has 18 heavy (non-hydrogen) atoms. The van der Waals surface area contributed by atoms with Gasteiger partial charge in [0.15, 0.2) is 0 Å². The van der Waals surface area contributed by atoms with Gasteiger partial charge >= 0.3 is 6.18 Å². The number of phenols is 1. The summed E-state index contributed by atoms with van der Waals surface area (Å²) in [4.78, 5) is 1.24. The Morgan fingerprint density at radius 1 is 1.33 bits per heavy atom. The van der Waals surface area contributed by atoms with Crippen LogP contribution in [0.2, 0.25) is 0 Å². The molecular formula is C12H15BrF3NO. The number of nitrogens with zero attached hydrogens (tertiary/aromatic N) is 1. The van der Waals surface area contributed by atoms with E-state index in [9.17, 15) is 18.3 Å². The number of aromatic hydroxyl groups is 1. The Hall–Kier alpha value is -0.750. The van der Waals surface area contributed by atoms with Crippen molar-refractivity contribution in [3.8, 4) is 5.75 Å². The van der Waals surface area contributed by atoms with Gasteiger partial charge in [0.2, 0.25) is 0 Å². The molecule has 1 aromatic carbocycles. The van der Waals surface area contributed by atoms with Crippen LogP contribution in [-0.2, 0) is 6.54 Å². The fourth-order valence-corrected chi connectivity index (χ4v) is 2.32. The van der Waals surface area contributed by atoms with E-state index in [-0.39, 0.29) is 18.8 Å². The topological polar surface area (TPSA) is 23.5 Å². The minimum Gasteiger partial charge on any atom is -0.507 e. The van der Waals surface area contributed by atoms with Crippen molar-refractivity contribution < 1.29 is 18.3 Å². The van der Waals surface area contributed by atoms with Gasteiger partial charge in [0, 0.05) is 16.6 Å². The van der Waals surface area contributed by atoms with Crippen LogP contribution in [-0.4, -0.2) is 29.3 Å². The summed E-state index contributed by atoms with van der Waals surface area (Å²) < 4.78 is 37.8. The van der Waals surface area contributed by atoms with Gasteiger partial charge in [-0.3, -0.25) is 4.90 Å². The molecule has 0 amide bonds. The van der Waals surface area contributed by atoms with E-state index in [1.54, 1.807) is 26.0 Å². The number of halogens is 4. The molecule has 0 aliphatic rings. The molecule has 0 saturated heterocycles. The lowest BCUT2D eigenvalue weighted by Gasteiger charge is -2.22. The van der Waals surface area contributed by atoms with E-state index in [0.717, 1.165) is 4.47 Å². The Morgan fingerprint density at radius 2 is 1.94 bits per heavy atom. The highest BCUT2D eigenvalue weighted by molar-refractivity contribution is 9.10. The highest BCUT2D eigenvalue weighted by Crippen LogP contribution is 2.28. The molecule has 2 nitrogen and oxygen atoms in total. The first-order valence-corrected chi connectivity index (χ1v) is 6.29. The average molecular weight is 326 g/mol. The van der Waals surface area contributed by atoms with Crippen LogP contribution in [0, 0.1) is 6.92 Å². The summed E-state index contributed by atoms with van der Waals surface area (Å²) >= 11 is 3.27. The molecule has 1 N–H and O–H groups in total. The lowest BCUT2D eigenvalue weighted by molar-refractivity contribution is -0.146. The van der Waals surface area contributed by atoms with Gasteiger partial charge in [-0.05, 0) is 31.2 Å². The van der Waals surface area contributed by atoms with E-state index >= 15 is 0 Å². The second-order valence-electron chi connectivity index (χ2n) is 4.15. The largest absolute Gasteiger partial charge is 0.507 e. The SMILES string of the molecule is CCN(Cc1cc(Br)cc(C)c1O)CC(F)(F)F. The predicted molar refractivity (Wildman–Crippen MR) is 67.5 cm³/mol. The van der Waals surface area contributed by atoms with Gasteiger partial charge in [-0.2, -0.15) is 13.2 Å². The van der Waals surface area contributed by atoms with E-state index in [0.29, 0.717) is 11.1 Å². The van der Waals surface area contributed by atoms with E-state index in [1.165, 1.54) is 4.90 Å². The number of benzene rings is 1. The number of rotatable bonds is 4. The molecule has 0 heterocycles. The molecule has 0 saturated carbocycles. The molecule has 0 radical (unpaired) electrons. The van der Waals surface area contributed by atoms with Gasteiger partial charge in [-0.1, -0.05) is 22.9 Å². The normalized spacial score (nSPS) is 12.2. The highest BCUT2D eigenvalue weighted by atomic mass is 79.9. The van der Waals surface area contributed by atoms with Gasteiger partial charge in [-0.25, -0.2) is 0 Å². The molecule has 0 aliphatic carbocycles. The van der Waals surface area contributed by atoms with Crippen LogP contribution >= 0.6 is 15.9 Å². The van der Waals surface area contributed by atoms with Gasteiger partial charge in [0.25, 0.3) is 0 Å². The van der Waals surface area contributed by atoms with Crippen LogP contribution in [0.3, 0.4) is 0 Å². The zero-order valence-corrected chi connectivity index (χ0v) is 11.8. The van der Waals surface area contributed by atoms with Gasteiger partial charge < -0.3 is 5.11 Å². The van der Waals surface area contributed by atoms with Crippen molar-refractivity contribution in [1.82, 2.24) is 4.90 Å². The summed E-state index contributed by atoms with van der Waals surface area (Å²) in [6.07, 6.45) is -4.23. The van der Waals surface area contributed by atoms with E-state index in [1.807, 2.05) is 0 Å². The van der Waals surface area contributed by atoms with Crippen LogP contribution in [0.4, 0.5) is 13.2 Å². The number of aryl methyl sites for hydroxylation is 1. The summed E-state index contributed by atoms with van der Waals surface area (Å²) in [5.74, 6) is 0.0545. The zero-order chi connectivity index (χ0) is 13.9. The number of phenolic OH excluding ortho intramolecular Hbond substituents is 1. The van der Waals surface area contributed by atoms with Crippen LogP contribution in [0.1, 0.15) is 18.1 Å². The van der Waals surface area contributed by atoms with Crippen molar-refractivity contribution in [3.05, 3.63) is 27.7 Å². The lowest BCUT2D eigenvalue weighted by Crippen LogP contribution is -2.33. The molecule has 6 heteroatoms. The van der Waals surface area contributed by atoms with Crippen LogP contribution in [0.15, 0.2) is 16.6 Å². The quantitative estimate of drug-likeness (QED) is 0.909. The molecule has 1 rings (SSSR count). The molecule has 0 atom stereocenters. The zero-order valence-electron chi connectivity index (χ0n) is 10.2. The Labute approximate surface area is 113 Å². The summed E-state index contributed by atoms with van der Waals surface area (Å²) in [5, 5.41) is 9.84. The van der Waals surface area contributed by atoms with E-state index < -0.39 is 12.7 Å². The van der Waals surface area contributed by atoms with Crippen molar-refractivity contribution in [2.24, 2.45) is 0 Å². The summed E-state index contributed by atoms with van der Waals surface area (Å²) in [5.41, 5.74) is 1.13. The first-order chi connectivity index (χ1) is 8.23. The first-order valence-electron chi connectivity index (χ1n) is 5.50. The Balaban J connectivity index is 2.88. The maximum Gasteiger partial charge on any atom is 0.401 e. The molecular weight excluding hydrogens is 311 g/mol. The van der Waals surface area contributed by atoms with Crippen molar-refractivity contribution in [3.63, 3.8) is 0 Å². The predicted octanol–water partition coefficient (Wildman–Crippen LogP) is 3.85. The minimum absolute atomic E-state index is 0.0545. The number of hydrogen-bond acceptors (Lipinski definition) is 2. The fourth-order valence-electron chi connectivity index (χ4n) is 1.70. The molecule has 0 unspecified atom stereocenters. The number of alkyl halides is 3. The maximum absolute atomic E-state index is 12.3. The van der Waals surface area contributed by atoms with E-state index in [4.69, 9.17) is 0 Å². The summed E-state index contributed by atoms with van der Waals surface area (Å²) in [6.45, 7) is 2.73. The molecule has 1 aromatic rings. The molecule has 0 spiro atoms. The van der Waals surface area contributed by atoms with Crippen molar-refractivity contribution in [2.45, 2.75) is 26.6 Å². The second-order valence-corrected chi connectivity index (χ2v) is 5.06. The average Bonchev–Trinajstić information content (AvgIpc) is 2.22. The van der Waals surface area contributed by atoms with Crippen LogP contribution < -0.4 is 0 Å². The molecule has 0 aliphatic heterocycles. The van der Waals surface area contributed by atoms with Crippen LogP contribution in [0.5, 0.6) is 5.75 Å². The third-order valence-electron chi connectivity index (χ3n) is 2.59. The maximum atomic E-state index is 12.3. The fraction of sp³-hybridized carbons (Fsp3) is 0.500. The Bertz CT molecular complexity index is 421.